The smallest absolute Gasteiger partial charge is 0.256 e. The van der Waals surface area contributed by atoms with Crippen LogP contribution < -0.4 is 5.73 Å². The van der Waals surface area contributed by atoms with Crippen molar-refractivity contribution in [3.63, 3.8) is 0 Å². The summed E-state index contributed by atoms with van der Waals surface area (Å²) in [7, 11) is 1.78. The molecular weight excluding hydrogens is 269 g/mol. The van der Waals surface area contributed by atoms with Crippen LogP contribution in [0, 0.1) is 5.82 Å². The van der Waals surface area contributed by atoms with Crippen molar-refractivity contribution in [2.75, 3.05) is 32.4 Å². The summed E-state index contributed by atoms with van der Waals surface area (Å²) in [6.45, 7) is 5.30. The summed E-state index contributed by atoms with van der Waals surface area (Å²) < 4.78 is 13.5. The van der Waals surface area contributed by atoms with Crippen molar-refractivity contribution < 1.29 is 9.18 Å². The highest BCUT2D eigenvalue weighted by Crippen LogP contribution is 2.21. The number of nitrogens with zero attached hydrogens (tertiary/aromatic N) is 2. The van der Waals surface area contributed by atoms with Gasteiger partial charge in [-0.1, -0.05) is 13.0 Å². The van der Waals surface area contributed by atoms with Crippen LogP contribution in [0.2, 0.25) is 0 Å². The number of anilines is 1. The zero-order valence-electron chi connectivity index (χ0n) is 12.8. The van der Waals surface area contributed by atoms with Crippen LogP contribution in [0.4, 0.5) is 10.1 Å². The number of hydrogen-bond acceptors (Lipinski definition) is 3. The SMILES string of the molecule is CCCN1CCC(N(C)C(=O)c2cccc(F)c2N)CC1. The highest BCUT2D eigenvalue weighted by Gasteiger charge is 2.26. The lowest BCUT2D eigenvalue weighted by Gasteiger charge is -2.36. The van der Waals surface area contributed by atoms with Gasteiger partial charge in [-0.05, 0) is 37.9 Å². The lowest BCUT2D eigenvalue weighted by Crippen LogP contribution is -2.45. The summed E-state index contributed by atoms with van der Waals surface area (Å²) in [5, 5.41) is 0. The van der Waals surface area contributed by atoms with Crippen molar-refractivity contribution in [2.45, 2.75) is 32.2 Å². The molecule has 4 nitrogen and oxygen atoms in total. The maximum absolute atomic E-state index is 13.5. The van der Waals surface area contributed by atoms with Crippen molar-refractivity contribution >= 4 is 11.6 Å². The van der Waals surface area contributed by atoms with E-state index in [1.54, 1.807) is 18.0 Å². The zero-order chi connectivity index (χ0) is 15.4. The lowest BCUT2D eigenvalue weighted by atomic mass is 10.0. The second kappa shape index (κ2) is 6.89. The van der Waals surface area contributed by atoms with Crippen LogP contribution in [0.15, 0.2) is 18.2 Å². The quantitative estimate of drug-likeness (QED) is 0.867. The second-order valence-corrected chi connectivity index (χ2v) is 5.69. The molecule has 1 fully saturated rings. The number of rotatable bonds is 4. The van der Waals surface area contributed by atoms with Gasteiger partial charge in [0.1, 0.15) is 5.82 Å². The van der Waals surface area contributed by atoms with Gasteiger partial charge in [-0.2, -0.15) is 0 Å². The first-order valence-electron chi connectivity index (χ1n) is 7.58. The van der Waals surface area contributed by atoms with E-state index in [4.69, 9.17) is 5.73 Å². The highest BCUT2D eigenvalue weighted by atomic mass is 19.1. The number of nitrogens with two attached hydrogens (primary N) is 1. The molecule has 1 aliphatic rings. The Hall–Kier alpha value is -1.62. The normalized spacial score (nSPS) is 16.9. The van der Waals surface area contributed by atoms with Gasteiger partial charge in [-0.25, -0.2) is 4.39 Å². The Morgan fingerprint density at radius 1 is 1.43 bits per heavy atom. The summed E-state index contributed by atoms with van der Waals surface area (Å²) in [5.41, 5.74) is 5.88. The average Bonchev–Trinajstić information content (AvgIpc) is 2.50. The molecule has 1 heterocycles. The number of piperidine rings is 1. The number of para-hydroxylation sites is 1. The summed E-state index contributed by atoms with van der Waals surface area (Å²) in [4.78, 5) is 16.6. The van der Waals surface area contributed by atoms with Crippen LogP contribution in [-0.4, -0.2) is 48.4 Å². The molecule has 116 valence electrons. The summed E-state index contributed by atoms with van der Waals surface area (Å²) in [6, 6.07) is 4.59. The number of halogens is 1. The van der Waals surface area contributed by atoms with Crippen LogP contribution in [0.3, 0.4) is 0 Å². The molecule has 1 aromatic rings. The van der Waals surface area contributed by atoms with E-state index in [0.717, 1.165) is 38.9 Å². The maximum Gasteiger partial charge on any atom is 0.256 e. The molecule has 2 N–H and O–H groups in total. The van der Waals surface area contributed by atoms with Crippen LogP contribution in [0.1, 0.15) is 36.5 Å². The topological polar surface area (TPSA) is 49.6 Å². The predicted molar refractivity (Wildman–Crippen MR) is 82.7 cm³/mol. The van der Waals surface area contributed by atoms with E-state index in [2.05, 4.69) is 11.8 Å². The van der Waals surface area contributed by atoms with E-state index in [1.807, 2.05) is 0 Å². The minimum atomic E-state index is -0.535. The van der Waals surface area contributed by atoms with E-state index in [-0.39, 0.29) is 23.2 Å². The summed E-state index contributed by atoms with van der Waals surface area (Å²) in [5.74, 6) is -0.729. The third-order valence-corrected chi connectivity index (χ3v) is 4.25. The van der Waals surface area contributed by atoms with Gasteiger partial charge in [0.15, 0.2) is 0 Å². The first-order chi connectivity index (χ1) is 10.0. The highest BCUT2D eigenvalue weighted by molar-refractivity contribution is 5.99. The molecule has 0 radical (unpaired) electrons. The molecule has 0 saturated carbocycles. The van der Waals surface area contributed by atoms with Gasteiger partial charge in [0.2, 0.25) is 0 Å². The molecule has 1 aromatic carbocycles. The van der Waals surface area contributed by atoms with Crippen LogP contribution in [-0.2, 0) is 0 Å². The van der Waals surface area contributed by atoms with E-state index in [1.165, 1.54) is 12.1 Å². The van der Waals surface area contributed by atoms with E-state index >= 15 is 0 Å². The minimum absolute atomic E-state index is 0.0576. The first kappa shape index (κ1) is 15.8. The second-order valence-electron chi connectivity index (χ2n) is 5.69. The predicted octanol–water partition coefficient (Wildman–Crippen LogP) is 2.35. The number of benzene rings is 1. The molecular formula is C16H24FN3O. The first-order valence-corrected chi connectivity index (χ1v) is 7.58. The van der Waals surface area contributed by atoms with Gasteiger partial charge >= 0.3 is 0 Å². The summed E-state index contributed by atoms with van der Waals surface area (Å²) >= 11 is 0. The van der Waals surface area contributed by atoms with Gasteiger partial charge in [0, 0.05) is 26.2 Å². The Morgan fingerprint density at radius 2 is 2.10 bits per heavy atom. The minimum Gasteiger partial charge on any atom is -0.396 e. The molecule has 0 aromatic heterocycles. The third kappa shape index (κ3) is 3.53. The molecule has 0 unspecified atom stereocenters. The van der Waals surface area contributed by atoms with Crippen molar-refractivity contribution in [3.05, 3.63) is 29.6 Å². The molecule has 1 saturated heterocycles. The van der Waals surface area contributed by atoms with E-state index < -0.39 is 5.82 Å². The number of amides is 1. The monoisotopic (exact) mass is 293 g/mol. The number of nitrogen functional groups attached to an aromatic ring is 1. The number of hydrogen-bond donors (Lipinski definition) is 1. The standard InChI is InChI=1S/C16H24FN3O/c1-3-9-20-10-7-12(8-11-20)19(2)16(21)13-5-4-6-14(17)15(13)18/h4-6,12H,3,7-11,18H2,1-2H3. The maximum atomic E-state index is 13.5. The van der Waals surface area contributed by atoms with Crippen molar-refractivity contribution in [1.29, 1.82) is 0 Å². The van der Waals surface area contributed by atoms with Gasteiger partial charge in [-0.3, -0.25) is 4.79 Å². The molecule has 0 aliphatic carbocycles. The molecule has 0 bridgehead atoms. The van der Waals surface area contributed by atoms with Crippen LogP contribution in [0.5, 0.6) is 0 Å². The Kier molecular flexibility index (Phi) is 5.17. The summed E-state index contributed by atoms with van der Waals surface area (Å²) in [6.07, 6.45) is 3.06. The molecule has 0 atom stereocenters. The molecule has 1 amide bonds. The Labute approximate surface area is 125 Å². The number of carbonyl (C=O) groups excluding carboxylic acids is 1. The van der Waals surface area contributed by atoms with Gasteiger partial charge in [0.25, 0.3) is 5.91 Å². The Bertz CT molecular complexity index is 498. The largest absolute Gasteiger partial charge is 0.396 e. The van der Waals surface area contributed by atoms with Gasteiger partial charge in [-0.15, -0.1) is 0 Å². The zero-order valence-corrected chi connectivity index (χ0v) is 12.8. The number of likely N-dealkylation sites (tertiary alicyclic amines) is 1. The van der Waals surface area contributed by atoms with E-state index in [0.29, 0.717) is 0 Å². The molecule has 5 heteroatoms. The van der Waals surface area contributed by atoms with Crippen molar-refractivity contribution in [2.24, 2.45) is 0 Å². The Balaban J connectivity index is 2.02. The van der Waals surface area contributed by atoms with Crippen molar-refractivity contribution in [3.8, 4) is 0 Å². The molecule has 21 heavy (non-hydrogen) atoms. The average molecular weight is 293 g/mol. The molecule has 1 aliphatic heterocycles. The Morgan fingerprint density at radius 3 is 2.71 bits per heavy atom. The molecule has 2 rings (SSSR count). The fraction of sp³-hybridized carbons (Fsp3) is 0.562. The fourth-order valence-corrected chi connectivity index (χ4v) is 2.93. The van der Waals surface area contributed by atoms with Gasteiger partial charge in [0.05, 0.1) is 11.3 Å². The van der Waals surface area contributed by atoms with Crippen molar-refractivity contribution in [1.82, 2.24) is 9.80 Å². The van der Waals surface area contributed by atoms with Crippen LogP contribution in [0.25, 0.3) is 0 Å². The number of carbonyl (C=O) groups is 1. The lowest BCUT2D eigenvalue weighted by molar-refractivity contribution is 0.0643. The van der Waals surface area contributed by atoms with E-state index in [9.17, 15) is 9.18 Å². The third-order valence-electron chi connectivity index (χ3n) is 4.25. The molecule has 0 spiro atoms. The van der Waals surface area contributed by atoms with Gasteiger partial charge < -0.3 is 15.5 Å². The fourth-order valence-electron chi connectivity index (χ4n) is 2.93. The van der Waals surface area contributed by atoms with Crippen LogP contribution >= 0.6 is 0 Å².